The Kier molecular flexibility index (Phi) is 4.73. The van der Waals surface area contributed by atoms with Crippen molar-refractivity contribution < 1.29 is 0 Å². The van der Waals surface area contributed by atoms with Crippen molar-refractivity contribution in [3.05, 3.63) is 18.7 Å². The Labute approximate surface area is 84.6 Å². The fourth-order valence-corrected chi connectivity index (χ4v) is 1.29. The first-order valence-electron chi connectivity index (χ1n) is 4.93. The van der Waals surface area contributed by atoms with E-state index in [-0.39, 0.29) is 0 Å². The van der Waals surface area contributed by atoms with E-state index in [2.05, 4.69) is 23.3 Å². The highest BCUT2D eigenvalue weighted by molar-refractivity contribution is 4.80. The monoisotopic (exact) mass is 192 g/mol. The summed E-state index contributed by atoms with van der Waals surface area (Å²) in [6.45, 7) is 3.88. The molecule has 0 bridgehead atoms. The van der Waals surface area contributed by atoms with E-state index < -0.39 is 0 Å². The van der Waals surface area contributed by atoms with Crippen LogP contribution in [-0.4, -0.2) is 22.1 Å². The van der Waals surface area contributed by atoms with Crippen molar-refractivity contribution >= 4 is 0 Å². The van der Waals surface area contributed by atoms with Gasteiger partial charge in [-0.05, 0) is 6.42 Å². The third-order valence-electron chi connectivity index (χ3n) is 2.19. The minimum atomic E-state index is 0.323. The summed E-state index contributed by atoms with van der Waals surface area (Å²) in [4.78, 5) is 3.96. The molecule has 1 N–H and O–H groups in total. The highest BCUT2D eigenvalue weighted by Crippen LogP contribution is 1.95. The van der Waals surface area contributed by atoms with Crippen molar-refractivity contribution in [1.29, 1.82) is 5.26 Å². The molecular weight excluding hydrogens is 176 g/mol. The first-order chi connectivity index (χ1) is 6.86. The van der Waals surface area contributed by atoms with Crippen molar-refractivity contribution in [2.24, 2.45) is 0 Å². The highest BCUT2D eigenvalue weighted by atomic mass is 15.0. The Balaban J connectivity index is 2.17. The molecule has 1 rings (SSSR count). The predicted octanol–water partition coefficient (Wildman–Crippen LogP) is 1.16. The summed E-state index contributed by atoms with van der Waals surface area (Å²) in [5, 5.41) is 11.9. The van der Waals surface area contributed by atoms with Gasteiger partial charge in [0.2, 0.25) is 0 Å². The number of imidazole rings is 1. The lowest BCUT2D eigenvalue weighted by Crippen LogP contribution is -2.30. The van der Waals surface area contributed by atoms with Crippen molar-refractivity contribution in [2.75, 3.05) is 6.54 Å². The van der Waals surface area contributed by atoms with Crippen LogP contribution in [0.2, 0.25) is 0 Å². The van der Waals surface area contributed by atoms with Gasteiger partial charge in [0, 0.05) is 31.5 Å². The van der Waals surface area contributed by atoms with E-state index in [0.717, 1.165) is 19.5 Å². The van der Waals surface area contributed by atoms with E-state index in [9.17, 15) is 0 Å². The Morgan fingerprint density at radius 3 is 3.07 bits per heavy atom. The van der Waals surface area contributed by atoms with Gasteiger partial charge >= 0.3 is 0 Å². The van der Waals surface area contributed by atoms with Crippen molar-refractivity contribution in [3.8, 4) is 6.07 Å². The van der Waals surface area contributed by atoms with Gasteiger partial charge in [0.15, 0.2) is 0 Å². The molecule has 0 spiro atoms. The van der Waals surface area contributed by atoms with Gasteiger partial charge in [-0.25, -0.2) is 4.98 Å². The molecule has 1 unspecified atom stereocenters. The van der Waals surface area contributed by atoms with Gasteiger partial charge < -0.3 is 9.88 Å². The number of nitriles is 1. The molecule has 0 fully saturated rings. The molecule has 14 heavy (non-hydrogen) atoms. The molecule has 4 nitrogen and oxygen atoms in total. The van der Waals surface area contributed by atoms with Crippen LogP contribution in [0.25, 0.3) is 0 Å². The average Bonchev–Trinajstić information content (AvgIpc) is 2.69. The zero-order chi connectivity index (χ0) is 10.2. The van der Waals surface area contributed by atoms with Crippen LogP contribution >= 0.6 is 0 Å². The van der Waals surface area contributed by atoms with Gasteiger partial charge in [-0.15, -0.1) is 0 Å². The third-order valence-corrected chi connectivity index (χ3v) is 2.19. The Hall–Kier alpha value is -1.34. The molecule has 0 aliphatic heterocycles. The number of nitrogens with one attached hydrogen (secondary N) is 1. The Bertz CT molecular complexity index is 273. The van der Waals surface area contributed by atoms with Crippen LogP contribution in [0.4, 0.5) is 0 Å². The summed E-state index contributed by atoms with van der Waals surface area (Å²) in [6, 6.07) is 2.50. The Morgan fingerprint density at radius 2 is 2.50 bits per heavy atom. The molecule has 0 saturated carbocycles. The van der Waals surface area contributed by atoms with Crippen LogP contribution in [0.1, 0.15) is 19.8 Å². The summed E-state index contributed by atoms with van der Waals surface area (Å²) in [7, 11) is 0. The van der Waals surface area contributed by atoms with E-state index in [1.54, 1.807) is 12.5 Å². The van der Waals surface area contributed by atoms with E-state index in [0.29, 0.717) is 12.5 Å². The molecule has 0 aliphatic carbocycles. The van der Waals surface area contributed by atoms with E-state index in [1.807, 2.05) is 10.8 Å². The first-order valence-corrected chi connectivity index (χ1v) is 4.93. The molecule has 1 aromatic heterocycles. The zero-order valence-electron chi connectivity index (χ0n) is 8.48. The predicted molar refractivity (Wildman–Crippen MR) is 54.5 cm³/mol. The minimum absolute atomic E-state index is 0.323. The lowest BCUT2D eigenvalue weighted by atomic mass is 10.2. The second-order valence-electron chi connectivity index (χ2n) is 3.22. The van der Waals surface area contributed by atoms with E-state index in [4.69, 9.17) is 5.26 Å². The third kappa shape index (κ3) is 3.58. The van der Waals surface area contributed by atoms with Crippen LogP contribution in [0.15, 0.2) is 18.7 Å². The summed E-state index contributed by atoms with van der Waals surface area (Å²) < 4.78 is 2.02. The maximum absolute atomic E-state index is 8.55. The summed E-state index contributed by atoms with van der Waals surface area (Å²) in [6.07, 6.45) is 7.09. The second-order valence-corrected chi connectivity index (χ2v) is 3.22. The molecule has 76 valence electrons. The van der Waals surface area contributed by atoms with E-state index >= 15 is 0 Å². The van der Waals surface area contributed by atoms with Gasteiger partial charge in [-0.3, -0.25) is 0 Å². The number of nitrogens with zero attached hydrogens (tertiary/aromatic N) is 3. The number of rotatable bonds is 6. The molecule has 4 heteroatoms. The second kappa shape index (κ2) is 6.17. The van der Waals surface area contributed by atoms with Crippen molar-refractivity contribution in [2.45, 2.75) is 32.4 Å². The number of hydrogen-bond acceptors (Lipinski definition) is 3. The maximum atomic E-state index is 8.55. The zero-order valence-corrected chi connectivity index (χ0v) is 8.48. The minimum Gasteiger partial charge on any atom is -0.336 e. The quantitative estimate of drug-likeness (QED) is 0.736. The fraction of sp³-hybridized carbons (Fsp3) is 0.600. The van der Waals surface area contributed by atoms with Gasteiger partial charge in [0.05, 0.1) is 18.8 Å². The topological polar surface area (TPSA) is 53.6 Å². The molecule has 0 amide bonds. The summed E-state index contributed by atoms with van der Waals surface area (Å²) in [5.41, 5.74) is 0. The lowest BCUT2D eigenvalue weighted by molar-refractivity contribution is 0.482. The molecule has 0 aliphatic rings. The van der Waals surface area contributed by atoms with Gasteiger partial charge in [0.1, 0.15) is 0 Å². The van der Waals surface area contributed by atoms with Crippen LogP contribution in [0.5, 0.6) is 0 Å². The van der Waals surface area contributed by atoms with Crippen molar-refractivity contribution in [1.82, 2.24) is 14.9 Å². The highest BCUT2D eigenvalue weighted by Gasteiger charge is 2.03. The molecule has 0 aromatic carbocycles. The van der Waals surface area contributed by atoms with Crippen molar-refractivity contribution in [3.63, 3.8) is 0 Å². The summed E-state index contributed by atoms with van der Waals surface area (Å²) >= 11 is 0. The van der Waals surface area contributed by atoms with E-state index in [1.165, 1.54) is 0 Å². The standard InChI is InChI=1S/C10H16N4/c1-2-10(3-4-11)13-6-8-14-7-5-12-9-14/h5,7,9-10,13H,2-3,6,8H2,1H3. The largest absolute Gasteiger partial charge is 0.336 e. The van der Waals surface area contributed by atoms with Gasteiger partial charge in [0.25, 0.3) is 0 Å². The number of hydrogen-bond donors (Lipinski definition) is 1. The molecule has 0 radical (unpaired) electrons. The Morgan fingerprint density at radius 1 is 1.64 bits per heavy atom. The lowest BCUT2D eigenvalue weighted by Gasteiger charge is -2.13. The van der Waals surface area contributed by atoms with Gasteiger partial charge in [-0.1, -0.05) is 6.92 Å². The van der Waals surface area contributed by atoms with Gasteiger partial charge in [-0.2, -0.15) is 5.26 Å². The average molecular weight is 192 g/mol. The fourth-order valence-electron chi connectivity index (χ4n) is 1.29. The molecule has 1 atom stereocenters. The SMILES string of the molecule is CCC(CC#N)NCCn1ccnc1. The van der Waals surface area contributed by atoms with Crippen LogP contribution in [0.3, 0.4) is 0 Å². The molecule has 0 saturated heterocycles. The van der Waals surface area contributed by atoms with Crippen LogP contribution < -0.4 is 5.32 Å². The molecule has 1 aromatic rings. The summed E-state index contributed by atoms with van der Waals surface area (Å²) in [5.74, 6) is 0. The normalized spacial score (nSPS) is 12.3. The number of aromatic nitrogens is 2. The molecule has 1 heterocycles. The maximum Gasteiger partial charge on any atom is 0.0946 e. The molecular formula is C10H16N4. The smallest absolute Gasteiger partial charge is 0.0946 e. The first kappa shape index (κ1) is 10.7. The van der Waals surface area contributed by atoms with Crippen LogP contribution in [0, 0.1) is 11.3 Å². The van der Waals surface area contributed by atoms with Crippen LogP contribution in [-0.2, 0) is 6.54 Å².